The molecule has 0 aliphatic carbocycles. The van der Waals surface area contributed by atoms with Crippen molar-refractivity contribution < 1.29 is 9.90 Å². The Labute approximate surface area is 163 Å². The molecule has 25 heavy (non-hydrogen) atoms. The second kappa shape index (κ2) is 8.32. The Morgan fingerprint density at radius 2 is 1.48 bits per heavy atom. The van der Waals surface area contributed by atoms with Crippen molar-refractivity contribution in [3.8, 4) is 0 Å². The van der Waals surface area contributed by atoms with Crippen LogP contribution in [0.5, 0.6) is 0 Å². The Balaban J connectivity index is 1.86. The molecule has 1 heterocycles. The zero-order valence-corrected chi connectivity index (χ0v) is 16.4. The van der Waals surface area contributed by atoms with Gasteiger partial charge in [0.15, 0.2) is 0 Å². The van der Waals surface area contributed by atoms with Gasteiger partial charge < -0.3 is 10.0 Å². The number of aliphatic hydroxyl groups is 1. The van der Waals surface area contributed by atoms with E-state index in [2.05, 4.69) is 22.6 Å². The van der Waals surface area contributed by atoms with Gasteiger partial charge in [-0.2, -0.15) is 0 Å². The zero-order chi connectivity index (χ0) is 17.7. The number of carbonyl (C=O) groups is 1. The summed E-state index contributed by atoms with van der Waals surface area (Å²) < 4.78 is 0.856. The van der Waals surface area contributed by atoms with Crippen LogP contribution in [-0.4, -0.2) is 33.4 Å². The molecule has 1 fully saturated rings. The lowest BCUT2D eigenvalue weighted by molar-refractivity contribution is -0.133. The summed E-state index contributed by atoms with van der Waals surface area (Å²) in [6.45, 7) is 1.45. The first-order valence-corrected chi connectivity index (χ1v) is 10.4. The van der Waals surface area contributed by atoms with E-state index in [4.69, 9.17) is 0 Å². The number of carbonyl (C=O) groups excluding carboxylic acids is 1. The predicted octanol–water partition coefficient (Wildman–Crippen LogP) is 3.99. The standard InChI is InChI=1S/C21H24INO2/c22-14-11-20(24)23-15-12-19(13-16-23)21(25,17-7-3-1-4-8-17)18-9-5-2-6-10-18/h1-10,19,25H,11-16H2. The van der Waals surface area contributed by atoms with Crippen LogP contribution in [0.3, 0.4) is 0 Å². The molecule has 2 aromatic carbocycles. The highest BCUT2D eigenvalue weighted by molar-refractivity contribution is 14.1. The van der Waals surface area contributed by atoms with E-state index >= 15 is 0 Å². The van der Waals surface area contributed by atoms with Gasteiger partial charge in [-0.15, -0.1) is 0 Å². The minimum Gasteiger partial charge on any atom is -0.380 e. The van der Waals surface area contributed by atoms with Gasteiger partial charge in [-0.1, -0.05) is 83.3 Å². The topological polar surface area (TPSA) is 40.5 Å². The quantitative estimate of drug-likeness (QED) is 0.554. The van der Waals surface area contributed by atoms with Gasteiger partial charge in [0.05, 0.1) is 0 Å². The van der Waals surface area contributed by atoms with Crippen molar-refractivity contribution in [3.05, 3.63) is 71.8 Å². The van der Waals surface area contributed by atoms with Crippen LogP contribution in [0.1, 0.15) is 30.4 Å². The number of benzene rings is 2. The molecule has 132 valence electrons. The molecule has 0 unspecified atom stereocenters. The smallest absolute Gasteiger partial charge is 0.223 e. The average molecular weight is 449 g/mol. The summed E-state index contributed by atoms with van der Waals surface area (Å²) in [5, 5.41) is 11.8. The zero-order valence-electron chi connectivity index (χ0n) is 14.3. The summed E-state index contributed by atoms with van der Waals surface area (Å²) in [6, 6.07) is 19.8. The van der Waals surface area contributed by atoms with Gasteiger partial charge in [-0.3, -0.25) is 4.79 Å². The van der Waals surface area contributed by atoms with Crippen molar-refractivity contribution in [2.75, 3.05) is 17.5 Å². The third-order valence-corrected chi connectivity index (χ3v) is 5.71. The minimum absolute atomic E-state index is 0.0981. The summed E-state index contributed by atoms with van der Waals surface area (Å²) in [5.41, 5.74) is 0.845. The Hall–Kier alpha value is -1.40. The maximum Gasteiger partial charge on any atom is 0.223 e. The van der Waals surface area contributed by atoms with E-state index in [0.717, 1.165) is 41.5 Å². The molecule has 0 atom stereocenters. The fraction of sp³-hybridized carbons (Fsp3) is 0.381. The maximum absolute atomic E-state index is 12.2. The number of hydrogen-bond donors (Lipinski definition) is 1. The molecule has 3 nitrogen and oxygen atoms in total. The van der Waals surface area contributed by atoms with Crippen LogP contribution in [0, 0.1) is 5.92 Å². The molecule has 0 spiro atoms. The third kappa shape index (κ3) is 3.90. The molecule has 1 saturated heterocycles. The molecule has 0 saturated carbocycles. The fourth-order valence-electron chi connectivity index (χ4n) is 3.81. The van der Waals surface area contributed by atoms with Crippen LogP contribution in [0.2, 0.25) is 0 Å². The first-order valence-electron chi connectivity index (χ1n) is 8.83. The van der Waals surface area contributed by atoms with Crippen LogP contribution < -0.4 is 0 Å². The van der Waals surface area contributed by atoms with Crippen molar-refractivity contribution >= 4 is 28.5 Å². The lowest BCUT2D eigenvalue weighted by atomic mass is 9.72. The number of amides is 1. The molecule has 1 N–H and O–H groups in total. The van der Waals surface area contributed by atoms with Gasteiger partial charge >= 0.3 is 0 Å². The summed E-state index contributed by atoms with van der Waals surface area (Å²) in [4.78, 5) is 14.1. The number of nitrogens with zero attached hydrogens (tertiary/aromatic N) is 1. The molecule has 1 amide bonds. The summed E-state index contributed by atoms with van der Waals surface area (Å²) in [6.07, 6.45) is 2.23. The third-order valence-electron chi connectivity index (χ3n) is 5.17. The highest BCUT2D eigenvalue weighted by atomic mass is 127. The summed E-state index contributed by atoms with van der Waals surface area (Å²) in [5.74, 6) is 0.330. The molecule has 3 rings (SSSR count). The lowest BCUT2D eigenvalue weighted by Gasteiger charge is -2.42. The first-order chi connectivity index (χ1) is 12.2. The number of alkyl halides is 1. The lowest BCUT2D eigenvalue weighted by Crippen LogP contribution is -2.46. The summed E-state index contributed by atoms with van der Waals surface area (Å²) in [7, 11) is 0. The second-order valence-corrected chi connectivity index (χ2v) is 7.67. The highest BCUT2D eigenvalue weighted by Gasteiger charge is 2.41. The number of hydrogen-bond acceptors (Lipinski definition) is 2. The molecule has 1 aliphatic rings. The number of halogens is 1. The SMILES string of the molecule is O=C(CCI)N1CCC(C(O)(c2ccccc2)c2ccccc2)CC1. The van der Waals surface area contributed by atoms with Crippen LogP contribution in [-0.2, 0) is 10.4 Å². The van der Waals surface area contributed by atoms with Crippen LogP contribution >= 0.6 is 22.6 Å². The molecule has 2 aromatic rings. The van der Waals surface area contributed by atoms with E-state index in [9.17, 15) is 9.90 Å². The van der Waals surface area contributed by atoms with Gasteiger partial charge in [0.1, 0.15) is 5.60 Å². The van der Waals surface area contributed by atoms with Crippen LogP contribution in [0.25, 0.3) is 0 Å². The normalized spacial score (nSPS) is 16.0. The van der Waals surface area contributed by atoms with Crippen molar-refractivity contribution in [1.82, 2.24) is 4.90 Å². The van der Waals surface area contributed by atoms with Crippen molar-refractivity contribution in [2.45, 2.75) is 24.9 Å². The monoisotopic (exact) mass is 449 g/mol. The number of piperidine rings is 1. The molecule has 0 radical (unpaired) electrons. The van der Waals surface area contributed by atoms with E-state index in [1.807, 2.05) is 65.6 Å². The predicted molar refractivity (Wildman–Crippen MR) is 109 cm³/mol. The molecule has 4 heteroatoms. The van der Waals surface area contributed by atoms with Gasteiger partial charge in [0.2, 0.25) is 5.91 Å². The fourth-order valence-corrected chi connectivity index (χ4v) is 4.27. The van der Waals surface area contributed by atoms with Gasteiger partial charge in [0, 0.05) is 23.9 Å². The highest BCUT2D eigenvalue weighted by Crippen LogP contribution is 2.41. The van der Waals surface area contributed by atoms with E-state index in [-0.39, 0.29) is 11.8 Å². The van der Waals surface area contributed by atoms with E-state index in [0.29, 0.717) is 6.42 Å². The van der Waals surface area contributed by atoms with Gasteiger partial charge in [-0.25, -0.2) is 0 Å². The van der Waals surface area contributed by atoms with Crippen molar-refractivity contribution in [2.24, 2.45) is 5.92 Å². The van der Waals surface area contributed by atoms with Crippen LogP contribution in [0.15, 0.2) is 60.7 Å². The summed E-state index contributed by atoms with van der Waals surface area (Å²) >= 11 is 2.24. The minimum atomic E-state index is -1.01. The van der Waals surface area contributed by atoms with E-state index in [1.165, 1.54) is 0 Å². The average Bonchev–Trinajstić information content (AvgIpc) is 2.69. The molecular formula is C21H24INO2. The van der Waals surface area contributed by atoms with Crippen molar-refractivity contribution in [1.29, 1.82) is 0 Å². The van der Waals surface area contributed by atoms with Crippen LogP contribution in [0.4, 0.5) is 0 Å². The first kappa shape index (κ1) is 18.4. The number of rotatable bonds is 5. The van der Waals surface area contributed by atoms with E-state index < -0.39 is 5.60 Å². The number of likely N-dealkylation sites (tertiary alicyclic amines) is 1. The Kier molecular flexibility index (Phi) is 6.12. The van der Waals surface area contributed by atoms with E-state index in [1.54, 1.807) is 0 Å². The molecule has 0 aromatic heterocycles. The molecular weight excluding hydrogens is 425 g/mol. The Morgan fingerprint density at radius 1 is 1.00 bits per heavy atom. The van der Waals surface area contributed by atoms with Gasteiger partial charge in [-0.05, 0) is 29.9 Å². The Bertz CT molecular complexity index is 642. The maximum atomic E-state index is 12.2. The van der Waals surface area contributed by atoms with Gasteiger partial charge in [0.25, 0.3) is 0 Å². The largest absolute Gasteiger partial charge is 0.380 e. The second-order valence-electron chi connectivity index (χ2n) is 6.59. The molecule has 0 bridgehead atoms. The molecule has 1 aliphatic heterocycles. The van der Waals surface area contributed by atoms with Crippen molar-refractivity contribution in [3.63, 3.8) is 0 Å². The Morgan fingerprint density at radius 3 is 1.92 bits per heavy atom.